The lowest BCUT2D eigenvalue weighted by atomic mass is 10.2. The lowest BCUT2D eigenvalue weighted by Crippen LogP contribution is -2.19. The van der Waals surface area contributed by atoms with E-state index in [1.807, 2.05) is 12.1 Å². The van der Waals surface area contributed by atoms with Crippen molar-refractivity contribution in [2.75, 3.05) is 23.8 Å². The van der Waals surface area contributed by atoms with Gasteiger partial charge < -0.3 is 20.1 Å². The maximum atomic E-state index is 11.3. The minimum atomic E-state index is -0.175. The van der Waals surface area contributed by atoms with Gasteiger partial charge in [0.2, 0.25) is 17.7 Å². The van der Waals surface area contributed by atoms with Gasteiger partial charge in [0.1, 0.15) is 10.7 Å². The minimum absolute atomic E-state index is 0.155. The van der Waals surface area contributed by atoms with Gasteiger partial charge >= 0.3 is 0 Å². The Balaban J connectivity index is 1.54. The Morgan fingerprint density at radius 3 is 3.07 bits per heavy atom. The quantitative estimate of drug-likeness (QED) is 0.581. The molecule has 1 amide bonds. The van der Waals surface area contributed by atoms with Crippen LogP contribution in [0.25, 0.3) is 10.2 Å². The third-order valence-electron chi connectivity index (χ3n) is 4.06. The van der Waals surface area contributed by atoms with Crippen LogP contribution < -0.4 is 15.4 Å². The summed E-state index contributed by atoms with van der Waals surface area (Å²) in [5, 5.41) is 6.62. The summed E-state index contributed by atoms with van der Waals surface area (Å²) in [5.74, 6) is 1.02. The van der Waals surface area contributed by atoms with Crippen molar-refractivity contribution in [3.05, 3.63) is 29.4 Å². The first-order valence-corrected chi connectivity index (χ1v) is 10.0. The van der Waals surface area contributed by atoms with Gasteiger partial charge in [-0.25, -0.2) is 9.97 Å². The fraction of sp³-hybridized carbons (Fsp3) is 0.333. The van der Waals surface area contributed by atoms with Crippen LogP contribution in [0, 0.1) is 0 Å². The van der Waals surface area contributed by atoms with Gasteiger partial charge in [-0.15, -0.1) is 0 Å². The first-order valence-electron chi connectivity index (χ1n) is 8.82. The molecular formula is C18H18ClN5O3S. The normalized spacial score (nSPS) is 16.3. The number of fused-ring (bicyclic) bond motifs is 1. The Morgan fingerprint density at radius 2 is 2.29 bits per heavy atom. The summed E-state index contributed by atoms with van der Waals surface area (Å²) >= 11 is 7.50. The molecule has 28 heavy (non-hydrogen) atoms. The molecule has 0 spiro atoms. The van der Waals surface area contributed by atoms with Gasteiger partial charge in [-0.3, -0.25) is 4.79 Å². The number of carbonyl (C=O) groups is 1. The highest BCUT2D eigenvalue weighted by Crippen LogP contribution is 2.34. The summed E-state index contributed by atoms with van der Waals surface area (Å²) in [6.45, 7) is 2.84. The molecule has 0 aliphatic carbocycles. The number of anilines is 2. The van der Waals surface area contributed by atoms with E-state index in [9.17, 15) is 4.79 Å². The van der Waals surface area contributed by atoms with Crippen LogP contribution in [0.15, 0.2) is 24.3 Å². The zero-order valence-corrected chi connectivity index (χ0v) is 16.6. The SMILES string of the molecule is CC(=O)Nc1nc2c(Oc3cc(Cl)nc(NCC4CCCO4)n3)cccc2s1. The van der Waals surface area contributed by atoms with Crippen LogP contribution in [0.5, 0.6) is 11.6 Å². The summed E-state index contributed by atoms with van der Waals surface area (Å²) in [6.07, 6.45) is 2.23. The molecule has 1 fully saturated rings. The van der Waals surface area contributed by atoms with Gasteiger partial charge in [-0.05, 0) is 25.0 Å². The lowest BCUT2D eigenvalue weighted by molar-refractivity contribution is -0.114. The van der Waals surface area contributed by atoms with Gasteiger partial charge in [-0.1, -0.05) is 29.0 Å². The molecular weight excluding hydrogens is 402 g/mol. The van der Waals surface area contributed by atoms with Crippen LogP contribution in [0.4, 0.5) is 11.1 Å². The molecule has 1 atom stereocenters. The molecule has 1 unspecified atom stereocenters. The molecule has 2 aromatic heterocycles. The van der Waals surface area contributed by atoms with Crippen molar-refractivity contribution in [1.82, 2.24) is 15.0 Å². The first kappa shape index (κ1) is 18.9. The number of ether oxygens (including phenoxy) is 2. The number of halogens is 1. The van der Waals surface area contributed by atoms with E-state index in [0.29, 0.717) is 34.8 Å². The first-order chi connectivity index (χ1) is 13.6. The van der Waals surface area contributed by atoms with Crippen molar-refractivity contribution in [1.29, 1.82) is 0 Å². The summed E-state index contributed by atoms with van der Waals surface area (Å²) in [7, 11) is 0. The molecule has 8 nitrogen and oxygen atoms in total. The molecule has 1 aliphatic heterocycles. The number of benzene rings is 1. The van der Waals surface area contributed by atoms with Crippen molar-refractivity contribution in [3.8, 4) is 11.6 Å². The van der Waals surface area contributed by atoms with E-state index in [-0.39, 0.29) is 17.2 Å². The zero-order chi connectivity index (χ0) is 19.5. The van der Waals surface area contributed by atoms with Crippen molar-refractivity contribution in [3.63, 3.8) is 0 Å². The van der Waals surface area contributed by atoms with Gasteiger partial charge in [0, 0.05) is 26.1 Å². The lowest BCUT2D eigenvalue weighted by Gasteiger charge is -2.12. The Kier molecular flexibility index (Phi) is 5.56. The van der Waals surface area contributed by atoms with E-state index in [1.165, 1.54) is 18.3 Å². The molecule has 3 aromatic rings. The number of rotatable bonds is 6. The maximum Gasteiger partial charge on any atom is 0.227 e. The molecule has 0 saturated carbocycles. The standard InChI is InChI=1S/C18H18ClN5O3S/c1-10(25)21-18-24-16-12(5-2-6-13(16)28-18)27-15-8-14(19)22-17(23-15)20-9-11-4-3-7-26-11/h2,5-6,8,11H,3-4,7,9H2,1H3,(H,20,22,23)(H,21,24,25). The van der Waals surface area contributed by atoms with E-state index in [2.05, 4.69) is 25.6 Å². The third-order valence-corrected chi connectivity index (χ3v) is 5.19. The van der Waals surface area contributed by atoms with Gasteiger partial charge in [0.05, 0.1) is 10.8 Å². The number of carbonyl (C=O) groups excluding carboxylic acids is 1. The smallest absolute Gasteiger partial charge is 0.227 e. The number of hydrogen-bond donors (Lipinski definition) is 2. The van der Waals surface area contributed by atoms with Gasteiger partial charge in [0.25, 0.3) is 0 Å². The average Bonchev–Trinajstić information content (AvgIpc) is 3.28. The molecule has 1 saturated heterocycles. The highest BCUT2D eigenvalue weighted by molar-refractivity contribution is 7.22. The predicted octanol–water partition coefficient (Wildman–Crippen LogP) is 4.08. The minimum Gasteiger partial charge on any atom is -0.436 e. The second kappa shape index (κ2) is 8.26. The highest BCUT2D eigenvalue weighted by Gasteiger charge is 2.16. The Hall–Kier alpha value is -2.49. The average molecular weight is 420 g/mol. The summed E-state index contributed by atoms with van der Waals surface area (Å²) < 4.78 is 12.4. The van der Waals surface area contributed by atoms with Crippen molar-refractivity contribution in [2.24, 2.45) is 0 Å². The Bertz CT molecular complexity index is 1010. The van der Waals surface area contributed by atoms with Crippen molar-refractivity contribution < 1.29 is 14.3 Å². The summed E-state index contributed by atoms with van der Waals surface area (Å²) in [4.78, 5) is 24.3. The van der Waals surface area contributed by atoms with Crippen LogP contribution in [0.1, 0.15) is 19.8 Å². The van der Waals surface area contributed by atoms with E-state index < -0.39 is 0 Å². The number of hydrogen-bond acceptors (Lipinski definition) is 8. The van der Waals surface area contributed by atoms with Crippen LogP contribution in [0.3, 0.4) is 0 Å². The Labute approximate surface area is 170 Å². The number of nitrogens with one attached hydrogen (secondary N) is 2. The monoisotopic (exact) mass is 419 g/mol. The van der Waals surface area contributed by atoms with E-state index in [0.717, 1.165) is 24.1 Å². The molecule has 10 heteroatoms. The van der Waals surface area contributed by atoms with E-state index in [1.54, 1.807) is 12.1 Å². The van der Waals surface area contributed by atoms with E-state index in [4.69, 9.17) is 21.1 Å². The molecule has 1 aliphatic rings. The predicted molar refractivity (Wildman–Crippen MR) is 109 cm³/mol. The number of nitrogens with zero attached hydrogens (tertiary/aromatic N) is 3. The topological polar surface area (TPSA) is 98.3 Å². The number of aromatic nitrogens is 3. The maximum absolute atomic E-state index is 11.3. The molecule has 0 radical (unpaired) electrons. The highest BCUT2D eigenvalue weighted by atomic mass is 35.5. The third kappa shape index (κ3) is 4.49. The Morgan fingerprint density at radius 1 is 1.39 bits per heavy atom. The van der Waals surface area contributed by atoms with Crippen molar-refractivity contribution >= 4 is 50.1 Å². The van der Waals surface area contributed by atoms with E-state index >= 15 is 0 Å². The molecule has 0 bridgehead atoms. The van der Waals surface area contributed by atoms with Crippen LogP contribution in [0.2, 0.25) is 5.15 Å². The summed E-state index contributed by atoms with van der Waals surface area (Å²) in [5.41, 5.74) is 0.639. The van der Waals surface area contributed by atoms with Crippen LogP contribution >= 0.6 is 22.9 Å². The zero-order valence-electron chi connectivity index (χ0n) is 15.1. The van der Waals surface area contributed by atoms with Gasteiger partial charge in [-0.2, -0.15) is 4.98 Å². The number of amides is 1. The fourth-order valence-electron chi connectivity index (χ4n) is 2.86. The van der Waals surface area contributed by atoms with Crippen LogP contribution in [-0.2, 0) is 9.53 Å². The largest absolute Gasteiger partial charge is 0.436 e. The molecule has 3 heterocycles. The molecule has 1 aromatic carbocycles. The number of thiazole rings is 1. The molecule has 2 N–H and O–H groups in total. The fourth-order valence-corrected chi connectivity index (χ4v) is 3.96. The second-order valence-electron chi connectivity index (χ2n) is 6.27. The second-order valence-corrected chi connectivity index (χ2v) is 7.69. The van der Waals surface area contributed by atoms with Crippen LogP contribution in [-0.4, -0.2) is 40.1 Å². The van der Waals surface area contributed by atoms with Crippen molar-refractivity contribution in [2.45, 2.75) is 25.9 Å². The molecule has 4 rings (SSSR count). The molecule has 146 valence electrons. The number of para-hydroxylation sites is 1. The van der Waals surface area contributed by atoms with Gasteiger partial charge in [0.15, 0.2) is 10.9 Å². The summed E-state index contributed by atoms with van der Waals surface area (Å²) in [6, 6.07) is 7.09.